The summed E-state index contributed by atoms with van der Waals surface area (Å²) in [6.45, 7) is 5.29. The monoisotopic (exact) mass is 382 g/mol. The predicted molar refractivity (Wildman–Crippen MR) is 107 cm³/mol. The van der Waals surface area contributed by atoms with Crippen LogP contribution < -0.4 is 10.9 Å². The number of benzene rings is 1. The van der Waals surface area contributed by atoms with Gasteiger partial charge in [-0.1, -0.05) is 17.7 Å². The summed E-state index contributed by atoms with van der Waals surface area (Å²) in [5, 5.41) is 7.94. The van der Waals surface area contributed by atoms with Crippen LogP contribution in [0.15, 0.2) is 46.6 Å². The van der Waals surface area contributed by atoms with Gasteiger partial charge in [-0.3, -0.25) is 19.6 Å². The van der Waals surface area contributed by atoms with Gasteiger partial charge in [-0.2, -0.15) is 0 Å². The number of fused-ring (bicyclic) bond motifs is 1. The number of thiophene rings is 1. The summed E-state index contributed by atoms with van der Waals surface area (Å²) in [7, 11) is 0. The molecular formula is C20H22N4O2S. The minimum atomic E-state index is -0.258. The van der Waals surface area contributed by atoms with Crippen molar-refractivity contribution in [3.63, 3.8) is 0 Å². The van der Waals surface area contributed by atoms with Gasteiger partial charge in [0.05, 0.1) is 5.69 Å². The second kappa shape index (κ2) is 7.54. The summed E-state index contributed by atoms with van der Waals surface area (Å²) >= 11 is 1.82. The van der Waals surface area contributed by atoms with E-state index in [0.29, 0.717) is 12.2 Å². The van der Waals surface area contributed by atoms with E-state index in [1.807, 2.05) is 42.5 Å². The maximum atomic E-state index is 12.4. The molecule has 0 saturated heterocycles. The number of nitrogens with one attached hydrogen (secondary N) is 2. The molecule has 0 bridgehead atoms. The minimum Gasteiger partial charge on any atom is -0.349 e. The van der Waals surface area contributed by atoms with Gasteiger partial charge < -0.3 is 5.32 Å². The van der Waals surface area contributed by atoms with Crippen LogP contribution in [-0.2, 0) is 13.0 Å². The lowest BCUT2D eigenvalue weighted by Gasteiger charge is -2.26. The molecule has 1 amide bonds. The molecule has 0 spiro atoms. The van der Waals surface area contributed by atoms with Crippen molar-refractivity contribution in [2.24, 2.45) is 0 Å². The van der Waals surface area contributed by atoms with Gasteiger partial charge >= 0.3 is 0 Å². The van der Waals surface area contributed by atoms with E-state index in [1.165, 1.54) is 21.2 Å². The normalized spacial score (nSPS) is 14.1. The highest BCUT2D eigenvalue weighted by Gasteiger charge is 2.17. The Morgan fingerprint density at radius 1 is 1.26 bits per heavy atom. The van der Waals surface area contributed by atoms with Crippen molar-refractivity contribution in [1.82, 2.24) is 20.0 Å². The molecule has 3 heterocycles. The minimum absolute atomic E-state index is 0.245. The SMILES string of the molecule is Cc1ccc(-n2[nH]c(C(=O)NCCN3CCc4sccc4C3)cc2=O)cc1. The highest BCUT2D eigenvalue weighted by Crippen LogP contribution is 2.23. The molecule has 0 saturated carbocycles. The van der Waals surface area contributed by atoms with Crippen molar-refractivity contribution in [3.8, 4) is 5.69 Å². The fraction of sp³-hybridized carbons (Fsp3) is 0.300. The Kier molecular flexibility index (Phi) is 4.96. The van der Waals surface area contributed by atoms with Gasteiger partial charge in [-0.25, -0.2) is 4.68 Å². The number of hydrogen-bond donors (Lipinski definition) is 2. The molecule has 2 aromatic heterocycles. The summed E-state index contributed by atoms with van der Waals surface area (Å²) in [5.74, 6) is -0.258. The van der Waals surface area contributed by atoms with Gasteiger partial charge in [0.1, 0.15) is 5.69 Å². The van der Waals surface area contributed by atoms with Gasteiger partial charge in [0.15, 0.2) is 0 Å². The van der Waals surface area contributed by atoms with Gasteiger partial charge in [-0.05, 0) is 42.5 Å². The number of nitrogens with zero attached hydrogens (tertiary/aromatic N) is 2. The number of rotatable bonds is 5. The van der Waals surface area contributed by atoms with Crippen molar-refractivity contribution >= 4 is 17.2 Å². The van der Waals surface area contributed by atoms with Gasteiger partial charge in [0.2, 0.25) is 0 Å². The Morgan fingerprint density at radius 2 is 2.07 bits per heavy atom. The maximum Gasteiger partial charge on any atom is 0.271 e. The predicted octanol–water partition coefficient (Wildman–Crippen LogP) is 2.32. The molecule has 3 aromatic rings. The van der Waals surface area contributed by atoms with Crippen LogP contribution in [0.5, 0.6) is 0 Å². The van der Waals surface area contributed by atoms with Gasteiger partial charge in [0, 0.05) is 37.1 Å². The maximum absolute atomic E-state index is 12.4. The quantitative estimate of drug-likeness (QED) is 0.712. The first kappa shape index (κ1) is 17.8. The summed E-state index contributed by atoms with van der Waals surface area (Å²) in [4.78, 5) is 28.4. The van der Waals surface area contributed by atoms with Crippen LogP contribution in [0.2, 0.25) is 0 Å². The molecular weight excluding hydrogens is 360 g/mol. The van der Waals surface area contributed by atoms with E-state index in [9.17, 15) is 9.59 Å². The summed E-state index contributed by atoms with van der Waals surface area (Å²) in [5.41, 5.74) is 3.26. The van der Waals surface area contributed by atoms with Crippen molar-refractivity contribution in [3.05, 3.63) is 73.8 Å². The molecule has 1 aliphatic heterocycles. The molecule has 0 fully saturated rings. The van der Waals surface area contributed by atoms with Crippen LogP contribution in [0.25, 0.3) is 5.69 Å². The van der Waals surface area contributed by atoms with Gasteiger partial charge in [0.25, 0.3) is 11.5 Å². The van der Waals surface area contributed by atoms with E-state index in [1.54, 1.807) is 0 Å². The molecule has 7 heteroatoms. The summed E-state index contributed by atoms with van der Waals surface area (Å²) < 4.78 is 1.39. The van der Waals surface area contributed by atoms with E-state index < -0.39 is 0 Å². The Balaban J connectivity index is 1.34. The van der Waals surface area contributed by atoms with Crippen LogP contribution in [0.4, 0.5) is 0 Å². The summed E-state index contributed by atoms with van der Waals surface area (Å²) in [6, 6.07) is 11.1. The molecule has 4 rings (SSSR count). The zero-order valence-corrected chi connectivity index (χ0v) is 16.0. The number of hydrogen-bond acceptors (Lipinski definition) is 4. The van der Waals surface area contributed by atoms with Crippen molar-refractivity contribution in [2.75, 3.05) is 19.6 Å². The van der Waals surface area contributed by atoms with Crippen LogP contribution in [0, 0.1) is 6.92 Å². The first-order valence-corrected chi connectivity index (χ1v) is 9.93. The average molecular weight is 382 g/mol. The Labute approximate surface area is 161 Å². The number of aryl methyl sites for hydroxylation is 1. The molecule has 1 aromatic carbocycles. The van der Waals surface area contributed by atoms with Crippen LogP contribution in [0.3, 0.4) is 0 Å². The Bertz CT molecular complexity index is 1000. The zero-order chi connectivity index (χ0) is 18.8. The number of amides is 1. The largest absolute Gasteiger partial charge is 0.349 e. The molecule has 140 valence electrons. The lowest BCUT2D eigenvalue weighted by molar-refractivity contribution is 0.0942. The molecule has 0 aliphatic carbocycles. The van der Waals surface area contributed by atoms with E-state index >= 15 is 0 Å². The smallest absolute Gasteiger partial charge is 0.271 e. The molecule has 0 atom stereocenters. The molecule has 2 N–H and O–H groups in total. The average Bonchev–Trinajstić information content (AvgIpc) is 3.28. The highest BCUT2D eigenvalue weighted by atomic mass is 32.1. The lowest BCUT2D eigenvalue weighted by Crippen LogP contribution is -2.37. The van der Waals surface area contributed by atoms with Crippen LogP contribution in [0.1, 0.15) is 26.5 Å². The first-order chi connectivity index (χ1) is 13.1. The van der Waals surface area contributed by atoms with Crippen molar-refractivity contribution in [2.45, 2.75) is 19.9 Å². The molecule has 1 aliphatic rings. The van der Waals surface area contributed by atoms with E-state index in [2.05, 4.69) is 26.8 Å². The second-order valence-corrected chi connectivity index (χ2v) is 7.83. The lowest BCUT2D eigenvalue weighted by atomic mass is 10.1. The number of carbonyl (C=O) groups is 1. The third kappa shape index (κ3) is 3.89. The fourth-order valence-electron chi connectivity index (χ4n) is 3.32. The fourth-order valence-corrected chi connectivity index (χ4v) is 4.21. The van der Waals surface area contributed by atoms with Crippen molar-refractivity contribution in [1.29, 1.82) is 0 Å². The van der Waals surface area contributed by atoms with Crippen LogP contribution >= 0.6 is 11.3 Å². The third-order valence-electron chi connectivity index (χ3n) is 4.86. The molecule has 0 unspecified atom stereocenters. The van der Waals surface area contributed by atoms with E-state index in [0.717, 1.165) is 31.6 Å². The van der Waals surface area contributed by atoms with E-state index in [-0.39, 0.29) is 17.2 Å². The molecule has 0 radical (unpaired) electrons. The van der Waals surface area contributed by atoms with Gasteiger partial charge in [-0.15, -0.1) is 11.3 Å². The number of aromatic nitrogens is 2. The number of H-pyrrole nitrogens is 1. The molecule has 6 nitrogen and oxygen atoms in total. The number of aromatic amines is 1. The van der Waals surface area contributed by atoms with Crippen LogP contribution in [-0.4, -0.2) is 40.2 Å². The van der Waals surface area contributed by atoms with E-state index in [4.69, 9.17) is 0 Å². The standard InChI is InChI=1S/C20H22N4O2S/c1-14-2-4-16(5-3-14)24-19(25)12-17(22-24)20(26)21-8-10-23-9-6-18-15(13-23)7-11-27-18/h2-5,7,11-12,22H,6,8-10,13H2,1H3,(H,21,26). The number of carbonyl (C=O) groups excluding carboxylic acids is 1. The first-order valence-electron chi connectivity index (χ1n) is 9.05. The topological polar surface area (TPSA) is 70.1 Å². The summed E-state index contributed by atoms with van der Waals surface area (Å²) in [6.07, 6.45) is 1.08. The van der Waals surface area contributed by atoms with Crippen molar-refractivity contribution < 1.29 is 4.79 Å². The Hall–Kier alpha value is -2.64. The Morgan fingerprint density at radius 3 is 2.89 bits per heavy atom. The second-order valence-electron chi connectivity index (χ2n) is 6.83. The highest BCUT2D eigenvalue weighted by molar-refractivity contribution is 7.10. The molecule has 27 heavy (non-hydrogen) atoms. The third-order valence-corrected chi connectivity index (χ3v) is 5.88. The zero-order valence-electron chi connectivity index (χ0n) is 15.2.